The summed E-state index contributed by atoms with van der Waals surface area (Å²) in [5, 5.41) is 0.989. The minimum absolute atomic E-state index is 0.125. The van der Waals surface area contributed by atoms with Crippen LogP contribution in [0.3, 0.4) is 0 Å². The van der Waals surface area contributed by atoms with Crippen molar-refractivity contribution in [2.75, 3.05) is 51.4 Å². The number of carbonyl (C=O) groups is 1. The number of fused-ring (bicyclic) bond motifs is 1. The Morgan fingerprint density at radius 2 is 1.62 bits per heavy atom. The number of rotatable bonds is 13. The van der Waals surface area contributed by atoms with Gasteiger partial charge in [0.25, 0.3) is 5.56 Å². The summed E-state index contributed by atoms with van der Waals surface area (Å²) in [7, 11) is 3.36. The van der Waals surface area contributed by atoms with Gasteiger partial charge in [-0.2, -0.15) is 0 Å². The van der Waals surface area contributed by atoms with Crippen LogP contribution in [0.2, 0.25) is 0 Å². The smallest absolute Gasteiger partial charge is 0.410 e. The van der Waals surface area contributed by atoms with E-state index >= 15 is 0 Å². The number of aryl methyl sites for hydroxylation is 1. The molecule has 3 aliphatic heterocycles. The van der Waals surface area contributed by atoms with Crippen molar-refractivity contribution in [3.63, 3.8) is 0 Å². The fourth-order valence-electron chi connectivity index (χ4n) is 8.42. The van der Waals surface area contributed by atoms with Crippen LogP contribution in [-0.4, -0.2) is 96.1 Å². The average Bonchev–Trinajstić information content (AvgIpc) is 3.17. The van der Waals surface area contributed by atoms with Gasteiger partial charge in [0.05, 0.1) is 37.1 Å². The van der Waals surface area contributed by atoms with Crippen LogP contribution in [0.5, 0.6) is 5.75 Å². The van der Waals surface area contributed by atoms with Crippen molar-refractivity contribution in [2.24, 2.45) is 7.05 Å². The third-order valence-electron chi connectivity index (χ3n) is 11.3. The van der Waals surface area contributed by atoms with Gasteiger partial charge < -0.3 is 38.1 Å². The monoisotopic (exact) mass is 761 g/mol. The Balaban J connectivity index is 1.27. The second kappa shape index (κ2) is 18.0. The van der Waals surface area contributed by atoms with Gasteiger partial charge in [0.15, 0.2) is 6.29 Å². The molecule has 5 heterocycles. The molecule has 302 valence electrons. The van der Waals surface area contributed by atoms with E-state index in [1.165, 1.54) is 6.07 Å². The number of hydrogen-bond donors (Lipinski definition) is 0. The standard InChI is InChI=1S/C43H63N5O7/c1-8-19-43(20-9-2,29-53-38-12-10-11-25-52-38)39-33-26-30(34-28-46(6)37(49)27-36(34)51-7)13-14-35(33)44-40(45-39)47-21-15-31(16-22-47)54-32-17-23-48(24-18-32)41(50)55-42(3,4)5/h13-14,26-28,31-32,38H,8-12,15-25,29H2,1-7H3. The minimum atomic E-state index is -0.499. The molecule has 3 fully saturated rings. The van der Waals surface area contributed by atoms with Gasteiger partial charge in [-0.1, -0.05) is 32.8 Å². The number of carbonyl (C=O) groups excluding carboxylic acids is 1. The minimum Gasteiger partial charge on any atom is -0.496 e. The van der Waals surface area contributed by atoms with E-state index in [1.54, 1.807) is 23.6 Å². The van der Waals surface area contributed by atoms with Crippen LogP contribution in [0.25, 0.3) is 22.0 Å². The van der Waals surface area contributed by atoms with Gasteiger partial charge in [-0.25, -0.2) is 14.8 Å². The number of ether oxygens (including phenoxy) is 5. The van der Waals surface area contributed by atoms with Gasteiger partial charge >= 0.3 is 6.09 Å². The summed E-state index contributed by atoms with van der Waals surface area (Å²) in [5.41, 5.74) is 2.68. The van der Waals surface area contributed by atoms with Crippen molar-refractivity contribution < 1.29 is 28.5 Å². The first-order chi connectivity index (χ1) is 26.4. The molecule has 0 N–H and O–H groups in total. The molecule has 6 rings (SSSR count). The molecule has 3 aromatic rings. The molecule has 2 aromatic heterocycles. The van der Waals surface area contributed by atoms with Crippen LogP contribution < -0.4 is 15.2 Å². The van der Waals surface area contributed by atoms with E-state index in [9.17, 15) is 9.59 Å². The molecular weight excluding hydrogens is 699 g/mol. The van der Waals surface area contributed by atoms with Crippen LogP contribution in [0.15, 0.2) is 35.3 Å². The SMILES string of the molecule is CCCC(CCC)(COC1CCCCO1)c1nc(N2CCC(OC3CCN(C(=O)OC(C)(C)C)CC3)CC2)nc2ccc(-c3cn(C)c(=O)cc3OC)cc12. The van der Waals surface area contributed by atoms with Crippen molar-refractivity contribution in [1.82, 2.24) is 19.4 Å². The van der Waals surface area contributed by atoms with Crippen molar-refractivity contribution in [1.29, 1.82) is 0 Å². The van der Waals surface area contributed by atoms with E-state index in [-0.39, 0.29) is 35.6 Å². The maximum Gasteiger partial charge on any atom is 0.410 e. The number of hydrogen-bond acceptors (Lipinski definition) is 10. The van der Waals surface area contributed by atoms with E-state index in [0.29, 0.717) is 25.4 Å². The van der Waals surface area contributed by atoms with Crippen molar-refractivity contribution >= 4 is 22.9 Å². The lowest BCUT2D eigenvalue weighted by Crippen LogP contribution is -2.45. The Hall–Kier alpha value is -3.74. The van der Waals surface area contributed by atoms with E-state index in [1.807, 2.05) is 27.0 Å². The molecule has 12 heteroatoms. The highest BCUT2D eigenvalue weighted by molar-refractivity contribution is 5.89. The van der Waals surface area contributed by atoms with E-state index < -0.39 is 5.60 Å². The van der Waals surface area contributed by atoms with Gasteiger partial charge in [-0.05, 0) is 96.3 Å². The van der Waals surface area contributed by atoms with Crippen LogP contribution >= 0.6 is 0 Å². The molecule has 1 amide bonds. The Bertz CT molecular complexity index is 1800. The van der Waals surface area contributed by atoms with Crippen LogP contribution in [0, 0.1) is 0 Å². The molecule has 0 saturated carbocycles. The molecule has 12 nitrogen and oxygen atoms in total. The van der Waals surface area contributed by atoms with Crippen molar-refractivity contribution in [3.05, 3.63) is 46.5 Å². The Labute approximate surface area is 326 Å². The normalized spacial score (nSPS) is 19.2. The fourth-order valence-corrected chi connectivity index (χ4v) is 8.42. The third kappa shape index (κ3) is 9.99. The highest BCUT2D eigenvalue weighted by Gasteiger charge is 2.37. The predicted octanol–water partition coefficient (Wildman–Crippen LogP) is 7.77. The largest absolute Gasteiger partial charge is 0.496 e. The topological polar surface area (TPSA) is 117 Å². The highest BCUT2D eigenvalue weighted by Crippen LogP contribution is 2.41. The van der Waals surface area contributed by atoms with Crippen LogP contribution in [0.1, 0.15) is 111 Å². The first kappa shape index (κ1) is 40.9. The number of nitrogens with zero attached hydrogens (tertiary/aromatic N) is 5. The number of anilines is 1. The molecule has 3 aliphatic rings. The van der Waals surface area contributed by atoms with Gasteiger partial charge in [-0.15, -0.1) is 0 Å². The van der Waals surface area contributed by atoms with Crippen LogP contribution in [0.4, 0.5) is 10.7 Å². The van der Waals surface area contributed by atoms with Crippen LogP contribution in [-0.2, 0) is 31.4 Å². The zero-order valence-corrected chi connectivity index (χ0v) is 34.2. The second-order valence-corrected chi connectivity index (χ2v) is 16.7. The van der Waals surface area contributed by atoms with Crippen molar-refractivity contribution in [2.45, 2.75) is 135 Å². The Morgan fingerprint density at radius 1 is 0.927 bits per heavy atom. The number of methoxy groups -OCH3 is 1. The first-order valence-electron chi connectivity index (χ1n) is 20.6. The number of benzene rings is 1. The number of aromatic nitrogens is 3. The maximum atomic E-state index is 12.6. The van der Waals surface area contributed by atoms with Gasteiger partial charge in [-0.3, -0.25) is 4.79 Å². The van der Waals surface area contributed by atoms with E-state index in [4.69, 9.17) is 33.7 Å². The highest BCUT2D eigenvalue weighted by atomic mass is 16.7. The molecule has 0 radical (unpaired) electrons. The lowest BCUT2D eigenvalue weighted by molar-refractivity contribution is -0.173. The predicted molar refractivity (Wildman–Crippen MR) is 215 cm³/mol. The Morgan fingerprint density at radius 3 is 2.24 bits per heavy atom. The lowest BCUT2D eigenvalue weighted by atomic mass is 9.75. The number of amides is 1. The third-order valence-corrected chi connectivity index (χ3v) is 11.3. The summed E-state index contributed by atoms with van der Waals surface area (Å²) < 4.78 is 32.2. The molecule has 3 saturated heterocycles. The molecule has 1 atom stereocenters. The van der Waals surface area contributed by atoms with E-state index in [0.717, 1.165) is 124 Å². The average molecular weight is 762 g/mol. The molecule has 1 unspecified atom stereocenters. The summed E-state index contributed by atoms with van der Waals surface area (Å²) in [4.78, 5) is 39.9. The summed E-state index contributed by atoms with van der Waals surface area (Å²) in [6.07, 6.45) is 11.9. The molecule has 0 bridgehead atoms. The first-order valence-corrected chi connectivity index (χ1v) is 20.6. The summed E-state index contributed by atoms with van der Waals surface area (Å²) in [5.74, 6) is 1.27. The zero-order chi connectivity index (χ0) is 39.2. The zero-order valence-electron chi connectivity index (χ0n) is 34.2. The molecule has 0 spiro atoms. The molecule has 0 aliphatic carbocycles. The summed E-state index contributed by atoms with van der Waals surface area (Å²) in [6.45, 7) is 14.3. The second-order valence-electron chi connectivity index (χ2n) is 16.7. The number of pyridine rings is 1. The summed E-state index contributed by atoms with van der Waals surface area (Å²) in [6, 6.07) is 7.85. The number of piperidine rings is 2. The fraction of sp³-hybridized carbons (Fsp3) is 0.674. The molecule has 1 aromatic carbocycles. The molecule has 55 heavy (non-hydrogen) atoms. The van der Waals surface area contributed by atoms with Crippen molar-refractivity contribution in [3.8, 4) is 16.9 Å². The number of likely N-dealkylation sites (tertiary alicyclic amines) is 1. The Kier molecular flexibility index (Phi) is 13.4. The lowest BCUT2D eigenvalue weighted by Gasteiger charge is -2.38. The van der Waals surface area contributed by atoms with Gasteiger partial charge in [0, 0.05) is 68.5 Å². The van der Waals surface area contributed by atoms with Gasteiger partial charge in [0.1, 0.15) is 11.4 Å². The summed E-state index contributed by atoms with van der Waals surface area (Å²) >= 11 is 0. The van der Waals surface area contributed by atoms with Gasteiger partial charge in [0.2, 0.25) is 5.95 Å². The molecular formula is C43H63N5O7. The maximum absolute atomic E-state index is 12.6. The quantitative estimate of drug-likeness (QED) is 0.171. The van der Waals surface area contributed by atoms with E-state index in [2.05, 4.69) is 36.9 Å².